The number of thiophene rings is 1. The molecule has 6 rings (SSSR count). The van der Waals surface area contributed by atoms with Crippen LogP contribution in [0.1, 0.15) is 33.6 Å². The van der Waals surface area contributed by atoms with Gasteiger partial charge in [-0.25, -0.2) is 4.98 Å². The molecule has 0 fully saturated rings. The third-order valence-electron chi connectivity index (χ3n) is 6.90. The van der Waals surface area contributed by atoms with Crippen molar-refractivity contribution in [2.24, 2.45) is 5.73 Å². The Kier molecular flexibility index (Phi) is 6.76. The lowest BCUT2D eigenvalue weighted by Crippen LogP contribution is -2.35. The Morgan fingerprint density at radius 2 is 2.15 bits per heavy atom. The Morgan fingerprint density at radius 1 is 1.26 bits per heavy atom. The summed E-state index contributed by atoms with van der Waals surface area (Å²) >= 11 is 1.73. The summed E-state index contributed by atoms with van der Waals surface area (Å²) in [6, 6.07) is 14.0. The molecule has 5 aromatic rings. The molecular formula is C28H30N8O2S. The van der Waals surface area contributed by atoms with Crippen molar-refractivity contribution in [3.63, 3.8) is 0 Å². The van der Waals surface area contributed by atoms with Crippen LogP contribution in [0, 0.1) is 6.92 Å². The summed E-state index contributed by atoms with van der Waals surface area (Å²) in [7, 11) is 0. The molecule has 0 unspecified atom stereocenters. The Balaban J connectivity index is 1.28. The number of amides is 1. The van der Waals surface area contributed by atoms with Crippen LogP contribution in [-0.2, 0) is 13.0 Å². The number of carbonyl (C=O) groups is 1. The predicted molar refractivity (Wildman–Crippen MR) is 154 cm³/mol. The largest absolute Gasteiger partial charge is 0.370 e. The highest BCUT2D eigenvalue weighted by Gasteiger charge is 2.26. The number of aryl methyl sites for hydroxylation is 1. The number of aromatic amines is 1. The lowest BCUT2D eigenvalue weighted by atomic mass is 10.1. The summed E-state index contributed by atoms with van der Waals surface area (Å²) in [4.78, 5) is 32.2. The fourth-order valence-electron chi connectivity index (χ4n) is 4.97. The van der Waals surface area contributed by atoms with Crippen LogP contribution in [0.2, 0.25) is 0 Å². The average Bonchev–Trinajstić information content (AvgIpc) is 3.70. The van der Waals surface area contributed by atoms with Crippen molar-refractivity contribution in [3.8, 4) is 10.6 Å². The first-order chi connectivity index (χ1) is 19.0. The van der Waals surface area contributed by atoms with Gasteiger partial charge in [0, 0.05) is 66.6 Å². The number of nitrogens with one attached hydrogen (secondary N) is 2. The number of nitrogens with two attached hydrogens (primary N) is 1. The van der Waals surface area contributed by atoms with E-state index in [4.69, 9.17) is 20.2 Å². The van der Waals surface area contributed by atoms with Gasteiger partial charge >= 0.3 is 0 Å². The molecular weight excluding hydrogens is 512 g/mol. The van der Waals surface area contributed by atoms with E-state index in [1.54, 1.807) is 24.3 Å². The van der Waals surface area contributed by atoms with E-state index in [0.717, 1.165) is 58.1 Å². The Bertz CT molecular complexity index is 1640. The second-order valence-corrected chi connectivity index (χ2v) is 10.7. The molecule has 0 saturated heterocycles. The minimum Gasteiger partial charge on any atom is -0.370 e. The van der Waals surface area contributed by atoms with E-state index in [1.165, 1.54) is 4.88 Å². The maximum Gasteiger partial charge on any atom is 0.276 e. The standard InChI is InChI=1S/C28H30N8O2S/c1-3-35(12-9-29)20-6-4-5-19(15-20)31-28-32-25(21-7-10-30-26(21)33-28)24-14-18-16-36(11-8-23(18)39-24)27(37)22-13-17(2)38-34-22/h4-7,10,13-15H,3,8-9,11-12,16,29H2,1-2H3,(H2,30,31,32,33). The van der Waals surface area contributed by atoms with Crippen LogP contribution in [0.3, 0.4) is 0 Å². The van der Waals surface area contributed by atoms with E-state index >= 15 is 0 Å². The number of nitrogens with zero attached hydrogens (tertiary/aromatic N) is 5. The number of carbonyl (C=O) groups excluding carboxylic acids is 1. The number of likely N-dealkylation sites (N-methyl/N-ethyl adjacent to an activating group) is 1. The van der Waals surface area contributed by atoms with Crippen LogP contribution in [0.5, 0.6) is 0 Å². The second-order valence-electron chi connectivity index (χ2n) is 9.54. The van der Waals surface area contributed by atoms with Crippen LogP contribution in [0.25, 0.3) is 21.6 Å². The summed E-state index contributed by atoms with van der Waals surface area (Å²) in [5.41, 5.74) is 10.9. The normalized spacial score (nSPS) is 13.1. The van der Waals surface area contributed by atoms with Gasteiger partial charge in [-0.2, -0.15) is 4.98 Å². The van der Waals surface area contributed by atoms with E-state index in [-0.39, 0.29) is 5.91 Å². The molecule has 4 N–H and O–H groups in total. The summed E-state index contributed by atoms with van der Waals surface area (Å²) in [5.74, 6) is 1.04. The first-order valence-electron chi connectivity index (χ1n) is 13.0. The van der Waals surface area contributed by atoms with Gasteiger partial charge in [-0.15, -0.1) is 11.3 Å². The van der Waals surface area contributed by atoms with Gasteiger partial charge in [0.1, 0.15) is 11.4 Å². The van der Waals surface area contributed by atoms with E-state index in [2.05, 4.69) is 45.5 Å². The molecule has 11 heteroatoms. The molecule has 10 nitrogen and oxygen atoms in total. The molecule has 200 valence electrons. The second kappa shape index (κ2) is 10.5. The maximum absolute atomic E-state index is 12.9. The molecule has 5 heterocycles. The molecule has 39 heavy (non-hydrogen) atoms. The lowest BCUT2D eigenvalue weighted by molar-refractivity contribution is 0.0725. The molecule has 4 aromatic heterocycles. The monoisotopic (exact) mass is 542 g/mol. The van der Waals surface area contributed by atoms with E-state index in [0.29, 0.717) is 37.0 Å². The number of benzene rings is 1. The number of H-pyrrole nitrogens is 1. The van der Waals surface area contributed by atoms with Gasteiger partial charge in [0.25, 0.3) is 5.91 Å². The molecule has 1 aliphatic rings. The lowest BCUT2D eigenvalue weighted by Gasteiger charge is -2.25. The topological polar surface area (TPSA) is 129 Å². The Morgan fingerprint density at radius 3 is 2.95 bits per heavy atom. The Labute approximate surface area is 229 Å². The molecule has 0 saturated carbocycles. The van der Waals surface area contributed by atoms with Crippen molar-refractivity contribution in [3.05, 3.63) is 70.6 Å². The fraction of sp³-hybridized carbons (Fsp3) is 0.286. The van der Waals surface area contributed by atoms with E-state index in [9.17, 15) is 4.79 Å². The summed E-state index contributed by atoms with van der Waals surface area (Å²) in [6.07, 6.45) is 2.67. The molecule has 1 aromatic carbocycles. The molecule has 0 bridgehead atoms. The molecule has 0 spiro atoms. The van der Waals surface area contributed by atoms with Gasteiger partial charge in [-0.05, 0) is 56.2 Å². The number of hydrogen-bond acceptors (Lipinski definition) is 9. The molecule has 1 amide bonds. The van der Waals surface area contributed by atoms with Crippen molar-refractivity contribution in [2.45, 2.75) is 26.8 Å². The van der Waals surface area contributed by atoms with Crippen molar-refractivity contribution < 1.29 is 9.32 Å². The predicted octanol–water partition coefficient (Wildman–Crippen LogP) is 4.71. The maximum atomic E-state index is 12.9. The summed E-state index contributed by atoms with van der Waals surface area (Å²) in [6.45, 7) is 7.34. The SMILES string of the molecule is CCN(CCN)c1cccc(Nc2nc(-c3cc4c(s3)CCN(C(=O)c3cc(C)on3)C4)c3cc[nH]c3n2)c1. The van der Waals surface area contributed by atoms with Gasteiger partial charge in [0.05, 0.1) is 10.6 Å². The smallest absolute Gasteiger partial charge is 0.276 e. The van der Waals surface area contributed by atoms with Crippen molar-refractivity contribution in [2.75, 3.05) is 36.4 Å². The minimum atomic E-state index is -0.109. The zero-order valence-corrected chi connectivity index (χ0v) is 22.7. The first-order valence-corrected chi connectivity index (χ1v) is 13.9. The van der Waals surface area contributed by atoms with Gasteiger partial charge < -0.3 is 30.4 Å². The van der Waals surface area contributed by atoms with Gasteiger partial charge in [0.2, 0.25) is 5.95 Å². The van der Waals surface area contributed by atoms with Crippen LogP contribution in [-0.4, -0.2) is 57.1 Å². The fourth-order valence-corrected chi connectivity index (χ4v) is 6.14. The number of aromatic nitrogens is 4. The average molecular weight is 543 g/mol. The molecule has 0 atom stereocenters. The van der Waals surface area contributed by atoms with Crippen molar-refractivity contribution in [1.82, 2.24) is 25.0 Å². The van der Waals surface area contributed by atoms with Gasteiger partial charge in [-0.3, -0.25) is 4.79 Å². The van der Waals surface area contributed by atoms with E-state index < -0.39 is 0 Å². The number of fused-ring (bicyclic) bond motifs is 2. The van der Waals surface area contributed by atoms with Gasteiger partial charge in [-0.1, -0.05) is 11.2 Å². The van der Waals surface area contributed by atoms with Crippen molar-refractivity contribution in [1.29, 1.82) is 0 Å². The number of hydrogen-bond donors (Lipinski definition) is 3. The molecule has 0 aliphatic carbocycles. The summed E-state index contributed by atoms with van der Waals surface area (Å²) in [5, 5.41) is 8.26. The first kappa shape index (κ1) is 25.1. The van der Waals surface area contributed by atoms with Crippen LogP contribution < -0.4 is 16.0 Å². The number of rotatable bonds is 8. The molecule has 0 radical (unpaired) electrons. The highest BCUT2D eigenvalue weighted by atomic mass is 32.1. The zero-order chi connectivity index (χ0) is 26.9. The minimum absolute atomic E-state index is 0.109. The summed E-state index contributed by atoms with van der Waals surface area (Å²) < 4.78 is 5.10. The number of anilines is 3. The highest BCUT2D eigenvalue weighted by molar-refractivity contribution is 7.15. The van der Waals surface area contributed by atoms with Gasteiger partial charge in [0.15, 0.2) is 5.69 Å². The molecule has 1 aliphatic heterocycles. The Hall–Kier alpha value is -4.22. The third kappa shape index (κ3) is 4.98. The quantitative estimate of drug-likeness (QED) is 0.257. The zero-order valence-electron chi connectivity index (χ0n) is 21.9. The highest BCUT2D eigenvalue weighted by Crippen LogP contribution is 2.37. The van der Waals surface area contributed by atoms with E-state index in [1.807, 2.05) is 29.3 Å². The van der Waals surface area contributed by atoms with Crippen LogP contribution >= 0.6 is 11.3 Å². The third-order valence-corrected chi connectivity index (χ3v) is 8.14. The van der Waals surface area contributed by atoms with Crippen LogP contribution in [0.4, 0.5) is 17.3 Å². The van der Waals surface area contributed by atoms with Crippen molar-refractivity contribution >= 4 is 45.6 Å². The van der Waals surface area contributed by atoms with Crippen LogP contribution in [0.15, 0.2) is 53.2 Å².